The first-order valence-electron chi connectivity index (χ1n) is 9.82. The molecule has 0 aliphatic carbocycles. The molecule has 6 heteroatoms. The van der Waals surface area contributed by atoms with Crippen molar-refractivity contribution >= 4 is 11.6 Å². The average Bonchev–Trinajstić information content (AvgIpc) is 3.18. The van der Waals surface area contributed by atoms with Crippen LogP contribution in [0.5, 0.6) is 0 Å². The van der Waals surface area contributed by atoms with Crippen molar-refractivity contribution in [3.63, 3.8) is 0 Å². The molecule has 1 unspecified atom stereocenters. The molecule has 1 atom stereocenters. The maximum Gasteiger partial charge on any atom is 0.144 e. The standard InChI is InChI=1S/C22H26ClN5/c1-16(2)15-27-10-8-24-14-21(27)20-12-17(6-7-25-20)22-26-9-11-28(22)19-5-3-4-18(23)13-19/h3-7,9,11-13,16,21,24H,8,10,14-15H2,1-2H3. The number of halogens is 1. The monoisotopic (exact) mass is 395 g/mol. The van der Waals surface area contributed by atoms with E-state index in [1.165, 1.54) is 0 Å². The molecule has 0 bridgehead atoms. The molecule has 3 aromatic rings. The summed E-state index contributed by atoms with van der Waals surface area (Å²) in [5.74, 6) is 1.52. The normalized spacial score (nSPS) is 17.9. The number of aromatic nitrogens is 3. The third-order valence-corrected chi connectivity index (χ3v) is 5.30. The van der Waals surface area contributed by atoms with E-state index < -0.39 is 0 Å². The van der Waals surface area contributed by atoms with Gasteiger partial charge in [-0.05, 0) is 36.2 Å². The Bertz CT molecular complexity index is 936. The van der Waals surface area contributed by atoms with Gasteiger partial charge in [0.2, 0.25) is 0 Å². The van der Waals surface area contributed by atoms with Crippen molar-refractivity contribution < 1.29 is 0 Å². The van der Waals surface area contributed by atoms with Crippen molar-refractivity contribution in [2.24, 2.45) is 5.92 Å². The van der Waals surface area contributed by atoms with Gasteiger partial charge in [0.15, 0.2) is 0 Å². The highest BCUT2D eigenvalue weighted by molar-refractivity contribution is 6.30. The number of imidazole rings is 1. The van der Waals surface area contributed by atoms with Crippen molar-refractivity contribution in [1.82, 2.24) is 24.8 Å². The van der Waals surface area contributed by atoms with E-state index in [0.717, 1.165) is 48.9 Å². The van der Waals surface area contributed by atoms with Crippen LogP contribution in [0.4, 0.5) is 0 Å². The summed E-state index contributed by atoms with van der Waals surface area (Å²) in [6.45, 7) is 8.62. The van der Waals surface area contributed by atoms with Crippen LogP contribution in [0.25, 0.3) is 17.1 Å². The number of hydrogen-bond donors (Lipinski definition) is 1. The molecule has 0 radical (unpaired) electrons. The molecule has 28 heavy (non-hydrogen) atoms. The molecular formula is C22H26ClN5. The fourth-order valence-corrected chi connectivity index (χ4v) is 4.03. The van der Waals surface area contributed by atoms with Crippen LogP contribution in [0.3, 0.4) is 0 Å². The van der Waals surface area contributed by atoms with Crippen LogP contribution in [-0.2, 0) is 0 Å². The molecule has 3 heterocycles. The quantitative estimate of drug-likeness (QED) is 0.703. The lowest BCUT2D eigenvalue weighted by atomic mass is 10.0. The van der Waals surface area contributed by atoms with Crippen molar-refractivity contribution in [3.05, 3.63) is 65.7 Å². The Morgan fingerprint density at radius 1 is 1.18 bits per heavy atom. The number of nitrogens with one attached hydrogen (secondary N) is 1. The Balaban J connectivity index is 1.67. The summed E-state index contributed by atoms with van der Waals surface area (Å²) in [6, 6.07) is 12.3. The molecule has 1 aromatic carbocycles. The SMILES string of the molecule is CC(C)CN1CCNCC1c1cc(-c2nccn2-c2cccc(Cl)c2)ccn1. The van der Waals surface area contributed by atoms with Crippen molar-refractivity contribution in [2.45, 2.75) is 19.9 Å². The maximum atomic E-state index is 6.19. The Morgan fingerprint density at radius 2 is 2.07 bits per heavy atom. The molecule has 146 valence electrons. The van der Waals surface area contributed by atoms with Crippen LogP contribution in [0, 0.1) is 5.92 Å². The predicted molar refractivity (Wildman–Crippen MR) is 114 cm³/mol. The van der Waals surface area contributed by atoms with E-state index in [0.29, 0.717) is 10.9 Å². The van der Waals surface area contributed by atoms with Gasteiger partial charge in [0.05, 0.1) is 11.7 Å². The lowest BCUT2D eigenvalue weighted by Crippen LogP contribution is -2.47. The number of rotatable bonds is 5. The highest BCUT2D eigenvalue weighted by atomic mass is 35.5. The van der Waals surface area contributed by atoms with E-state index in [-0.39, 0.29) is 6.04 Å². The Kier molecular flexibility index (Phi) is 5.76. The smallest absolute Gasteiger partial charge is 0.144 e. The van der Waals surface area contributed by atoms with E-state index in [1.54, 1.807) is 0 Å². The molecular weight excluding hydrogens is 370 g/mol. The highest BCUT2D eigenvalue weighted by Crippen LogP contribution is 2.27. The minimum atomic E-state index is 0.283. The van der Waals surface area contributed by atoms with Gasteiger partial charge >= 0.3 is 0 Å². The summed E-state index contributed by atoms with van der Waals surface area (Å²) >= 11 is 6.19. The van der Waals surface area contributed by atoms with Crippen LogP contribution in [-0.4, -0.2) is 45.6 Å². The average molecular weight is 396 g/mol. The minimum Gasteiger partial charge on any atom is -0.313 e. The maximum absolute atomic E-state index is 6.19. The second-order valence-corrected chi connectivity index (χ2v) is 8.12. The Morgan fingerprint density at radius 3 is 2.89 bits per heavy atom. The zero-order valence-electron chi connectivity index (χ0n) is 16.3. The first-order chi connectivity index (χ1) is 13.6. The van der Waals surface area contributed by atoms with E-state index in [9.17, 15) is 0 Å². The topological polar surface area (TPSA) is 46.0 Å². The van der Waals surface area contributed by atoms with Crippen molar-refractivity contribution in [1.29, 1.82) is 0 Å². The van der Waals surface area contributed by atoms with Gasteiger partial charge in [-0.15, -0.1) is 0 Å². The van der Waals surface area contributed by atoms with Crippen LogP contribution in [0.15, 0.2) is 55.0 Å². The molecule has 2 aromatic heterocycles. The van der Waals surface area contributed by atoms with E-state index >= 15 is 0 Å². The molecule has 0 spiro atoms. The third-order valence-electron chi connectivity index (χ3n) is 5.06. The number of benzene rings is 1. The summed E-state index contributed by atoms with van der Waals surface area (Å²) in [5.41, 5.74) is 3.15. The molecule has 4 rings (SSSR count). The predicted octanol–water partition coefficient (Wildman–Crippen LogP) is 4.19. The summed E-state index contributed by atoms with van der Waals surface area (Å²) < 4.78 is 2.07. The van der Waals surface area contributed by atoms with Gasteiger partial charge in [-0.2, -0.15) is 0 Å². The Hall–Kier alpha value is -2.21. The van der Waals surface area contributed by atoms with Gasteiger partial charge < -0.3 is 5.32 Å². The molecule has 1 saturated heterocycles. The lowest BCUT2D eigenvalue weighted by Gasteiger charge is -2.37. The van der Waals surface area contributed by atoms with Gasteiger partial charge in [-0.3, -0.25) is 14.5 Å². The number of nitrogens with zero attached hydrogens (tertiary/aromatic N) is 4. The van der Waals surface area contributed by atoms with Gasteiger partial charge in [0.1, 0.15) is 5.82 Å². The van der Waals surface area contributed by atoms with Crippen LogP contribution < -0.4 is 5.32 Å². The second-order valence-electron chi connectivity index (χ2n) is 7.68. The zero-order chi connectivity index (χ0) is 19.5. The van der Waals surface area contributed by atoms with Crippen molar-refractivity contribution in [2.75, 3.05) is 26.2 Å². The van der Waals surface area contributed by atoms with Gasteiger partial charge in [0, 0.05) is 61.0 Å². The highest BCUT2D eigenvalue weighted by Gasteiger charge is 2.25. The third kappa shape index (κ3) is 4.12. The molecule has 1 aliphatic heterocycles. The summed E-state index contributed by atoms with van der Waals surface area (Å²) in [7, 11) is 0. The molecule has 0 saturated carbocycles. The Labute approximate surface area is 171 Å². The number of piperazine rings is 1. The van der Waals surface area contributed by atoms with E-state index in [1.807, 2.05) is 48.9 Å². The molecule has 1 fully saturated rings. The fourth-order valence-electron chi connectivity index (χ4n) is 3.85. The lowest BCUT2D eigenvalue weighted by molar-refractivity contribution is 0.142. The summed E-state index contributed by atoms with van der Waals surface area (Å²) in [5, 5.41) is 4.23. The first-order valence-corrected chi connectivity index (χ1v) is 10.2. The zero-order valence-corrected chi connectivity index (χ0v) is 17.1. The largest absolute Gasteiger partial charge is 0.313 e. The fraction of sp³-hybridized carbons (Fsp3) is 0.364. The van der Waals surface area contributed by atoms with Crippen LogP contribution in [0.2, 0.25) is 5.02 Å². The van der Waals surface area contributed by atoms with Gasteiger partial charge in [-0.1, -0.05) is 31.5 Å². The second kappa shape index (κ2) is 8.43. The molecule has 1 aliphatic rings. The number of pyridine rings is 1. The summed E-state index contributed by atoms with van der Waals surface area (Å²) in [4.78, 5) is 11.9. The first kappa shape index (κ1) is 19.1. The van der Waals surface area contributed by atoms with E-state index in [2.05, 4.69) is 39.7 Å². The molecule has 0 amide bonds. The van der Waals surface area contributed by atoms with E-state index in [4.69, 9.17) is 16.6 Å². The van der Waals surface area contributed by atoms with Crippen LogP contribution in [0.1, 0.15) is 25.6 Å². The van der Waals surface area contributed by atoms with Gasteiger partial charge in [-0.25, -0.2) is 4.98 Å². The van der Waals surface area contributed by atoms with Gasteiger partial charge in [0.25, 0.3) is 0 Å². The molecule has 1 N–H and O–H groups in total. The van der Waals surface area contributed by atoms with Crippen molar-refractivity contribution in [3.8, 4) is 17.1 Å². The molecule has 5 nitrogen and oxygen atoms in total. The summed E-state index contributed by atoms with van der Waals surface area (Å²) in [6.07, 6.45) is 5.68. The minimum absolute atomic E-state index is 0.283. The number of hydrogen-bond acceptors (Lipinski definition) is 4. The van der Waals surface area contributed by atoms with Crippen LogP contribution >= 0.6 is 11.6 Å².